The highest BCUT2D eigenvalue weighted by Crippen LogP contribution is 2.31. The Morgan fingerprint density at radius 1 is 0.966 bits per heavy atom. The second-order valence-electron chi connectivity index (χ2n) is 7.81. The number of rotatable bonds is 3. The topological polar surface area (TPSA) is 43.9 Å². The zero-order chi connectivity index (χ0) is 20.5. The third-order valence-electron chi connectivity index (χ3n) is 6.04. The van der Waals surface area contributed by atoms with Crippen LogP contribution >= 0.6 is 11.6 Å². The van der Waals surface area contributed by atoms with Crippen LogP contribution in [0.3, 0.4) is 0 Å². The van der Waals surface area contributed by atoms with Gasteiger partial charge in [-0.1, -0.05) is 23.7 Å². The summed E-state index contributed by atoms with van der Waals surface area (Å²) in [4.78, 5) is 31.1. The van der Waals surface area contributed by atoms with Gasteiger partial charge in [-0.2, -0.15) is 0 Å². The lowest BCUT2D eigenvalue weighted by Crippen LogP contribution is -2.49. The van der Waals surface area contributed by atoms with Crippen LogP contribution in [0.15, 0.2) is 36.4 Å². The van der Waals surface area contributed by atoms with E-state index in [0.29, 0.717) is 42.3 Å². The van der Waals surface area contributed by atoms with Gasteiger partial charge in [0.1, 0.15) is 0 Å². The highest BCUT2D eigenvalue weighted by atomic mass is 35.5. The summed E-state index contributed by atoms with van der Waals surface area (Å²) in [6.45, 7) is 7.89. The summed E-state index contributed by atoms with van der Waals surface area (Å²) in [5.41, 5.74) is 5.06. The zero-order valence-electron chi connectivity index (χ0n) is 16.9. The Morgan fingerprint density at radius 3 is 2.41 bits per heavy atom. The van der Waals surface area contributed by atoms with Crippen LogP contribution < -0.4 is 9.80 Å². The van der Waals surface area contributed by atoms with E-state index >= 15 is 0 Å². The van der Waals surface area contributed by atoms with Crippen molar-refractivity contribution < 1.29 is 9.59 Å². The van der Waals surface area contributed by atoms with E-state index in [0.717, 1.165) is 19.5 Å². The first-order valence-electron chi connectivity index (χ1n) is 10.2. The number of carbonyl (C=O) groups excluding carboxylic acids is 2. The summed E-state index contributed by atoms with van der Waals surface area (Å²) in [7, 11) is 0. The second kappa shape index (κ2) is 8.07. The predicted molar refractivity (Wildman–Crippen MR) is 117 cm³/mol. The van der Waals surface area contributed by atoms with Gasteiger partial charge in [-0.15, -0.1) is 0 Å². The van der Waals surface area contributed by atoms with Crippen LogP contribution in [0.5, 0.6) is 0 Å². The molecule has 2 aliphatic heterocycles. The minimum absolute atomic E-state index is 0.00447. The average molecular weight is 412 g/mol. The van der Waals surface area contributed by atoms with E-state index in [9.17, 15) is 9.59 Å². The molecule has 2 aromatic carbocycles. The molecule has 0 bridgehead atoms. The Hall–Kier alpha value is -2.53. The lowest BCUT2D eigenvalue weighted by Gasteiger charge is -2.37. The molecule has 29 heavy (non-hydrogen) atoms. The molecule has 0 aromatic heterocycles. The number of halogens is 1. The second-order valence-corrected chi connectivity index (χ2v) is 8.22. The smallest absolute Gasteiger partial charge is 0.254 e. The standard InChI is InChI=1S/C23H26ClN3O2/c1-16-5-3-6-20(17(16)2)25-11-13-26(14-12-25)23(29)18-8-9-19(24)21(15-18)27-10-4-7-22(27)28/h3,5-6,8-9,15H,4,7,10-14H2,1-2H3. The molecule has 2 aliphatic rings. The largest absolute Gasteiger partial charge is 0.368 e. The van der Waals surface area contributed by atoms with Gasteiger partial charge in [0.05, 0.1) is 10.7 Å². The SMILES string of the molecule is Cc1cccc(N2CCN(C(=O)c3ccc(Cl)c(N4CCCC4=O)c3)CC2)c1C. The van der Waals surface area contributed by atoms with E-state index in [1.165, 1.54) is 16.8 Å². The molecule has 0 unspecified atom stereocenters. The van der Waals surface area contributed by atoms with Crippen LogP contribution in [0, 0.1) is 13.8 Å². The molecule has 2 heterocycles. The summed E-state index contributed by atoms with van der Waals surface area (Å²) >= 11 is 6.32. The molecule has 0 spiro atoms. The van der Waals surface area contributed by atoms with Crippen molar-refractivity contribution in [2.24, 2.45) is 0 Å². The van der Waals surface area contributed by atoms with Crippen LogP contribution in [-0.2, 0) is 4.79 Å². The number of amides is 2. The number of anilines is 2. The molecule has 0 radical (unpaired) electrons. The van der Waals surface area contributed by atoms with Crippen molar-refractivity contribution in [2.45, 2.75) is 26.7 Å². The molecule has 4 rings (SSSR count). The normalized spacial score (nSPS) is 17.2. The van der Waals surface area contributed by atoms with Gasteiger partial charge in [0.15, 0.2) is 0 Å². The first-order chi connectivity index (χ1) is 14.0. The Labute approximate surface area is 176 Å². The quantitative estimate of drug-likeness (QED) is 0.765. The van der Waals surface area contributed by atoms with Crippen LogP contribution in [-0.4, -0.2) is 49.4 Å². The van der Waals surface area contributed by atoms with Crippen LogP contribution in [0.4, 0.5) is 11.4 Å². The van der Waals surface area contributed by atoms with E-state index in [2.05, 4.69) is 36.9 Å². The molecule has 2 amide bonds. The first kappa shape index (κ1) is 19.8. The third-order valence-corrected chi connectivity index (χ3v) is 6.36. The van der Waals surface area contributed by atoms with Crippen molar-refractivity contribution in [1.29, 1.82) is 0 Å². The average Bonchev–Trinajstić information content (AvgIpc) is 3.16. The van der Waals surface area contributed by atoms with Gasteiger partial charge in [0, 0.05) is 50.4 Å². The monoisotopic (exact) mass is 411 g/mol. The molecule has 0 saturated carbocycles. The van der Waals surface area contributed by atoms with Crippen LogP contribution in [0.2, 0.25) is 5.02 Å². The molecular weight excluding hydrogens is 386 g/mol. The lowest BCUT2D eigenvalue weighted by molar-refractivity contribution is -0.117. The van der Waals surface area contributed by atoms with Crippen molar-refractivity contribution in [1.82, 2.24) is 4.90 Å². The number of aryl methyl sites for hydroxylation is 1. The van der Waals surface area contributed by atoms with Crippen LogP contribution in [0.25, 0.3) is 0 Å². The molecule has 152 valence electrons. The summed E-state index contributed by atoms with van der Waals surface area (Å²) in [6.07, 6.45) is 1.36. The fourth-order valence-electron chi connectivity index (χ4n) is 4.17. The summed E-state index contributed by atoms with van der Waals surface area (Å²) < 4.78 is 0. The molecule has 2 saturated heterocycles. The fraction of sp³-hybridized carbons (Fsp3) is 0.391. The minimum atomic E-state index is -0.00447. The van der Waals surface area contributed by atoms with Gasteiger partial charge in [0.25, 0.3) is 5.91 Å². The van der Waals surface area contributed by atoms with Crippen molar-refractivity contribution in [2.75, 3.05) is 42.5 Å². The Balaban J connectivity index is 1.47. The summed E-state index contributed by atoms with van der Waals surface area (Å²) in [6, 6.07) is 11.6. The fourth-order valence-corrected chi connectivity index (χ4v) is 4.39. The molecule has 6 heteroatoms. The zero-order valence-corrected chi connectivity index (χ0v) is 17.7. The Kier molecular flexibility index (Phi) is 5.50. The maximum Gasteiger partial charge on any atom is 0.254 e. The van der Waals surface area contributed by atoms with Crippen LogP contribution in [0.1, 0.15) is 34.3 Å². The van der Waals surface area contributed by atoms with Gasteiger partial charge in [-0.25, -0.2) is 0 Å². The molecule has 0 N–H and O–H groups in total. The van der Waals surface area contributed by atoms with Crippen molar-refractivity contribution in [3.63, 3.8) is 0 Å². The maximum absolute atomic E-state index is 13.1. The predicted octanol–water partition coefficient (Wildman–Crippen LogP) is 4.05. The minimum Gasteiger partial charge on any atom is -0.368 e. The molecule has 0 atom stereocenters. The molecular formula is C23H26ClN3O2. The molecule has 5 nitrogen and oxygen atoms in total. The number of benzene rings is 2. The number of nitrogens with zero attached hydrogens (tertiary/aromatic N) is 3. The Morgan fingerprint density at radius 2 is 1.72 bits per heavy atom. The molecule has 0 aliphatic carbocycles. The maximum atomic E-state index is 13.1. The van der Waals surface area contributed by atoms with Gasteiger partial charge in [-0.05, 0) is 55.7 Å². The van der Waals surface area contributed by atoms with Gasteiger partial charge in [0.2, 0.25) is 5.91 Å². The van der Waals surface area contributed by atoms with E-state index in [1.54, 1.807) is 23.1 Å². The highest BCUT2D eigenvalue weighted by molar-refractivity contribution is 6.34. The van der Waals surface area contributed by atoms with E-state index in [4.69, 9.17) is 11.6 Å². The highest BCUT2D eigenvalue weighted by Gasteiger charge is 2.27. The van der Waals surface area contributed by atoms with Gasteiger partial charge < -0.3 is 14.7 Å². The van der Waals surface area contributed by atoms with E-state index in [1.807, 2.05) is 4.90 Å². The van der Waals surface area contributed by atoms with Crippen molar-refractivity contribution in [3.05, 3.63) is 58.1 Å². The van der Waals surface area contributed by atoms with Crippen molar-refractivity contribution >= 4 is 34.8 Å². The van der Waals surface area contributed by atoms with E-state index in [-0.39, 0.29) is 11.8 Å². The number of hydrogen-bond donors (Lipinski definition) is 0. The first-order valence-corrected chi connectivity index (χ1v) is 10.5. The Bertz CT molecular complexity index is 951. The number of piperazine rings is 1. The number of carbonyl (C=O) groups is 2. The lowest BCUT2D eigenvalue weighted by atomic mass is 10.1. The van der Waals surface area contributed by atoms with Gasteiger partial charge in [-0.3, -0.25) is 9.59 Å². The number of hydrogen-bond acceptors (Lipinski definition) is 3. The summed E-state index contributed by atoms with van der Waals surface area (Å²) in [5, 5.41) is 0.511. The van der Waals surface area contributed by atoms with Crippen molar-refractivity contribution in [3.8, 4) is 0 Å². The third kappa shape index (κ3) is 3.84. The van der Waals surface area contributed by atoms with Gasteiger partial charge >= 0.3 is 0 Å². The van der Waals surface area contributed by atoms with E-state index < -0.39 is 0 Å². The summed E-state index contributed by atoms with van der Waals surface area (Å²) in [5.74, 6) is 0.0637. The molecule has 2 aromatic rings. The molecule has 2 fully saturated rings.